The molecule has 1 nitrogen and oxygen atoms in total. The van der Waals surface area contributed by atoms with E-state index >= 15 is 0 Å². The molecule has 1 aromatic carbocycles. The molecule has 0 bridgehead atoms. The number of allylic oxidation sites excluding steroid dienone is 4. The first-order valence-electron chi connectivity index (χ1n) is 7.66. The fourth-order valence-electron chi connectivity index (χ4n) is 3.16. The molecular weight excluding hydrogens is 244 g/mol. The number of hydrogen-bond acceptors (Lipinski definition) is 1. The van der Waals surface area contributed by atoms with Gasteiger partial charge in [-0.25, -0.2) is 0 Å². The quantitative estimate of drug-likeness (QED) is 0.521. The molecule has 0 radical (unpaired) electrons. The van der Waals surface area contributed by atoms with E-state index in [2.05, 4.69) is 44.2 Å². The molecule has 0 saturated heterocycles. The molecular formula is C19H24O. The highest BCUT2D eigenvalue weighted by molar-refractivity contribution is 5.77. The molecule has 0 heterocycles. The average molecular weight is 268 g/mol. The van der Waals surface area contributed by atoms with Crippen LogP contribution in [0.5, 0.6) is 0 Å². The van der Waals surface area contributed by atoms with Gasteiger partial charge in [-0.1, -0.05) is 74.2 Å². The zero-order valence-corrected chi connectivity index (χ0v) is 12.5. The first-order valence-corrected chi connectivity index (χ1v) is 7.66. The van der Waals surface area contributed by atoms with Gasteiger partial charge in [0, 0.05) is 5.92 Å². The van der Waals surface area contributed by atoms with Gasteiger partial charge < -0.3 is 0 Å². The molecule has 0 unspecified atom stereocenters. The van der Waals surface area contributed by atoms with Crippen LogP contribution in [0.4, 0.5) is 0 Å². The van der Waals surface area contributed by atoms with Gasteiger partial charge in [0.05, 0.1) is 0 Å². The molecule has 0 saturated carbocycles. The van der Waals surface area contributed by atoms with E-state index < -0.39 is 0 Å². The summed E-state index contributed by atoms with van der Waals surface area (Å²) in [5, 5.41) is 0. The number of hydrogen-bond donors (Lipinski definition) is 0. The molecule has 1 heteroatoms. The van der Waals surface area contributed by atoms with Crippen LogP contribution in [-0.4, -0.2) is 6.29 Å². The van der Waals surface area contributed by atoms with Crippen molar-refractivity contribution in [2.45, 2.75) is 45.4 Å². The summed E-state index contributed by atoms with van der Waals surface area (Å²) in [4.78, 5) is 11.4. The van der Waals surface area contributed by atoms with Crippen molar-refractivity contribution in [3.8, 4) is 0 Å². The first kappa shape index (κ1) is 14.8. The Labute approximate surface area is 122 Å². The third-order valence-corrected chi connectivity index (χ3v) is 4.30. The molecule has 106 valence electrons. The highest BCUT2D eigenvalue weighted by atomic mass is 16.1. The molecule has 0 fully saturated rings. The maximum atomic E-state index is 11.4. The van der Waals surface area contributed by atoms with Crippen LogP contribution in [0.15, 0.2) is 53.6 Å². The van der Waals surface area contributed by atoms with E-state index in [-0.39, 0.29) is 5.92 Å². The van der Waals surface area contributed by atoms with E-state index in [9.17, 15) is 4.79 Å². The maximum Gasteiger partial charge on any atom is 0.146 e. The van der Waals surface area contributed by atoms with Crippen LogP contribution in [0, 0.1) is 5.92 Å². The minimum atomic E-state index is 0.232. The summed E-state index contributed by atoms with van der Waals surface area (Å²) in [5.74, 6) is 0.699. The van der Waals surface area contributed by atoms with Crippen molar-refractivity contribution in [3.63, 3.8) is 0 Å². The maximum absolute atomic E-state index is 11.4. The van der Waals surface area contributed by atoms with E-state index in [0.29, 0.717) is 5.92 Å². The van der Waals surface area contributed by atoms with Crippen molar-refractivity contribution in [1.29, 1.82) is 0 Å². The summed E-state index contributed by atoms with van der Waals surface area (Å²) in [5.41, 5.74) is 3.59. The lowest BCUT2D eigenvalue weighted by molar-refractivity contribution is -0.105. The molecule has 2 rings (SSSR count). The van der Waals surface area contributed by atoms with Crippen molar-refractivity contribution < 1.29 is 4.79 Å². The van der Waals surface area contributed by atoms with Crippen molar-refractivity contribution in [2.24, 2.45) is 5.92 Å². The Morgan fingerprint density at radius 3 is 2.50 bits per heavy atom. The zero-order chi connectivity index (χ0) is 14.4. The summed E-state index contributed by atoms with van der Waals surface area (Å²) in [6, 6.07) is 10.5. The second-order valence-corrected chi connectivity index (χ2v) is 5.69. The fraction of sp³-hybridized carbons (Fsp3) is 0.421. The van der Waals surface area contributed by atoms with E-state index in [1.165, 1.54) is 36.8 Å². The standard InChI is InChI=1S/C19H24O/c1-3-4-6-11-18-15(2)12-13-17(14-20)19(18)16-9-7-5-8-10-16/h5,7-10,12-14,18-19H,3-4,6,11H2,1-2H3/t18-,19+/m0/s1. The van der Waals surface area contributed by atoms with Gasteiger partial charge in [0.2, 0.25) is 0 Å². The molecule has 0 amide bonds. The van der Waals surface area contributed by atoms with E-state index in [1.54, 1.807) is 0 Å². The molecule has 1 aliphatic carbocycles. The predicted octanol–water partition coefficient (Wildman–Crippen LogP) is 5.05. The highest BCUT2D eigenvalue weighted by Crippen LogP contribution is 2.41. The third-order valence-electron chi connectivity index (χ3n) is 4.30. The van der Waals surface area contributed by atoms with Gasteiger partial charge in [0.1, 0.15) is 6.29 Å². The smallest absolute Gasteiger partial charge is 0.146 e. The Bertz CT molecular complexity index is 496. The molecule has 20 heavy (non-hydrogen) atoms. The Balaban J connectivity index is 2.28. The monoisotopic (exact) mass is 268 g/mol. The van der Waals surface area contributed by atoms with Crippen LogP contribution in [-0.2, 0) is 4.79 Å². The van der Waals surface area contributed by atoms with Gasteiger partial charge in [0.15, 0.2) is 0 Å². The van der Waals surface area contributed by atoms with Crippen LogP contribution in [0.3, 0.4) is 0 Å². The Kier molecular flexibility index (Phi) is 5.34. The number of aldehydes is 1. The molecule has 1 aromatic rings. The van der Waals surface area contributed by atoms with Gasteiger partial charge in [-0.05, 0) is 30.4 Å². The van der Waals surface area contributed by atoms with Crippen molar-refractivity contribution >= 4 is 6.29 Å². The van der Waals surface area contributed by atoms with E-state index in [1.807, 2.05) is 12.1 Å². The lowest BCUT2D eigenvalue weighted by atomic mass is 9.72. The minimum absolute atomic E-state index is 0.232. The second kappa shape index (κ2) is 7.23. The molecule has 0 aromatic heterocycles. The largest absolute Gasteiger partial charge is 0.298 e. The van der Waals surface area contributed by atoms with Crippen LogP contribution in [0.25, 0.3) is 0 Å². The SMILES string of the molecule is CCCCC[C@H]1C(C)=CC=C(C=O)[C@H]1c1ccccc1. The zero-order valence-electron chi connectivity index (χ0n) is 12.5. The van der Waals surface area contributed by atoms with Crippen molar-refractivity contribution in [2.75, 3.05) is 0 Å². The molecule has 0 N–H and O–H groups in total. The lowest BCUT2D eigenvalue weighted by Crippen LogP contribution is -2.20. The summed E-state index contributed by atoms with van der Waals surface area (Å²) in [7, 11) is 0. The first-order chi connectivity index (χ1) is 9.77. The lowest BCUT2D eigenvalue weighted by Gasteiger charge is -2.31. The van der Waals surface area contributed by atoms with Crippen LogP contribution >= 0.6 is 0 Å². The average Bonchev–Trinajstić information content (AvgIpc) is 2.49. The fourth-order valence-corrected chi connectivity index (χ4v) is 3.16. The molecule has 2 atom stereocenters. The van der Waals surface area contributed by atoms with Crippen LogP contribution < -0.4 is 0 Å². The van der Waals surface area contributed by atoms with Crippen LogP contribution in [0.2, 0.25) is 0 Å². The summed E-state index contributed by atoms with van der Waals surface area (Å²) < 4.78 is 0. The Morgan fingerprint density at radius 1 is 1.10 bits per heavy atom. The molecule has 1 aliphatic rings. The molecule has 0 spiro atoms. The third kappa shape index (κ3) is 3.27. The van der Waals surface area contributed by atoms with Crippen molar-refractivity contribution in [3.05, 3.63) is 59.2 Å². The number of carbonyl (C=O) groups is 1. The summed E-state index contributed by atoms with van der Waals surface area (Å²) in [6.45, 7) is 4.43. The molecule has 0 aliphatic heterocycles. The summed E-state index contributed by atoms with van der Waals surface area (Å²) in [6.07, 6.45) is 10.1. The van der Waals surface area contributed by atoms with E-state index in [4.69, 9.17) is 0 Å². The Morgan fingerprint density at radius 2 is 1.85 bits per heavy atom. The second-order valence-electron chi connectivity index (χ2n) is 5.69. The van der Waals surface area contributed by atoms with Gasteiger partial charge in [0.25, 0.3) is 0 Å². The van der Waals surface area contributed by atoms with Crippen molar-refractivity contribution in [1.82, 2.24) is 0 Å². The normalized spacial score (nSPS) is 22.1. The number of carbonyl (C=O) groups excluding carboxylic acids is 1. The van der Waals surface area contributed by atoms with Gasteiger partial charge >= 0.3 is 0 Å². The highest BCUT2D eigenvalue weighted by Gasteiger charge is 2.29. The van der Waals surface area contributed by atoms with Gasteiger partial charge in [-0.2, -0.15) is 0 Å². The number of benzene rings is 1. The minimum Gasteiger partial charge on any atom is -0.298 e. The predicted molar refractivity (Wildman–Crippen MR) is 84.7 cm³/mol. The number of unbranched alkanes of at least 4 members (excludes halogenated alkanes) is 2. The van der Waals surface area contributed by atoms with Crippen LogP contribution in [0.1, 0.15) is 51.0 Å². The van der Waals surface area contributed by atoms with Gasteiger partial charge in [-0.15, -0.1) is 0 Å². The number of rotatable bonds is 6. The van der Waals surface area contributed by atoms with Gasteiger partial charge in [-0.3, -0.25) is 4.79 Å². The topological polar surface area (TPSA) is 17.1 Å². The summed E-state index contributed by atoms with van der Waals surface area (Å²) >= 11 is 0. The Hall–Kier alpha value is -1.63. The van der Waals surface area contributed by atoms with E-state index in [0.717, 1.165) is 11.9 Å².